The summed E-state index contributed by atoms with van der Waals surface area (Å²) in [5, 5.41) is 0. The summed E-state index contributed by atoms with van der Waals surface area (Å²) in [6.07, 6.45) is 2.80. The van der Waals surface area contributed by atoms with Crippen molar-refractivity contribution >= 4 is 15.9 Å². The summed E-state index contributed by atoms with van der Waals surface area (Å²) in [4.78, 5) is 3.39. The molecule has 1 aromatic carbocycles. The summed E-state index contributed by atoms with van der Waals surface area (Å²) in [5.74, 6) is 0.902. The molecule has 15 heavy (non-hydrogen) atoms. The van der Waals surface area contributed by atoms with E-state index in [1.54, 1.807) is 0 Å². The van der Waals surface area contributed by atoms with Crippen molar-refractivity contribution in [3.63, 3.8) is 0 Å². The Morgan fingerprint density at radius 3 is 2.60 bits per heavy atom. The Balaban J connectivity index is 1.71. The van der Waals surface area contributed by atoms with E-state index < -0.39 is 0 Å². The highest BCUT2D eigenvalue weighted by molar-refractivity contribution is 9.09. The van der Waals surface area contributed by atoms with Gasteiger partial charge >= 0.3 is 0 Å². The van der Waals surface area contributed by atoms with E-state index in [-0.39, 0.29) is 0 Å². The van der Waals surface area contributed by atoms with Gasteiger partial charge in [0.2, 0.25) is 0 Å². The molecule has 80 valence electrons. The molecule has 1 aliphatic carbocycles. The zero-order chi connectivity index (χ0) is 10.3. The third-order valence-corrected chi connectivity index (χ3v) is 5.18. The Kier molecular flexibility index (Phi) is 2.57. The average molecular weight is 266 g/mol. The quantitative estimate of drug-likeness (QED) is 0.744. The molecule has 1 heterocycles. The van der Waals surface area contributed by atoms with Crippen molar-refractivity contribution in [1.82, 2.24) is 4.90 Å². The normalized spacial score (nSPS) is 34.9. The van der Waals surface area contributed by atoms with E-state index in [9.17, 15) is 0 Å². The van der Waals surface area contributed by atoms with Crippen LogP contribution in [0.3, 0.4) is 0 Å². The van der Waals surface area contributed by atoms with Crippen LogP contribution in [0.5, 0.6) is 0 Å². The molecule has 0 unspecified atom stereocenters. The lowest BCUT2D eigenvalue weighted by Gasteiger charge is -2.26. The van der Waals surface area contributed by atoms with Crippen molar-refractivity contribution in [1.29, 1.82) is 0 Å². The van der Waals surface area contributed by atoms with E-state index >= 15 is 0 Å². The highest BCUT2D eigenvalue weighted by Gasteiger charge is 2.44. The predicted octanol–water partition coefficient (Wildman–Crippen LogP) is 3.04. The van der Waals surface area contributed by atoms with Crippen LogP contribution < -0.4 is 0 Å². The van der Waals surface area contributed by atoms with E-state index in [0.29, 0.717) is 0 Å². The Morgan fingerprint density at radius 1 is 1.20 bits per heavy atom. The van der Waals surface area contributed by atoms with Gasteiger partial charge in [-0.1, -0.05) is 46.3 Å². The Labute approximate surface area is 99.6 Å². The standard InChI is InChI=1S/C13H16BrN/c14-13-11-6-7-12(13)15(9-11)8-10-4-2-1-3-5-10/h1-5,11-13H,6-9H2/t11-,12-,13+/m1/s1. The molecule has 2 bridgehead atoms. The summed E-state index contributed by atoms with van der Waals surface area (Å²) in [6.45, 7) is 2.42. The van der Waals surface area contributed by atoms with E-state index in [2.05, 4.69) is 51.2 Å². The third-order valence-electron chi connectivity index (χ3n) is 3.82. The Hall–Kier alpha value is -0.340. The molecule has 0 amide bonds. The molecule has 0 radical (unpaired) electrons. The molecule has 1 aromatic rings. The fourth-order valence-corrected chi connectivity index (χ4v) is 4.06. The van der Waals surface area contributed by atoms with Gasteiger partial charge in [-0.3, -0.25) is 4.90 Å². The van der Waals surface area contributed by atoms with Crippen molar-refractivity contribution in [2.45, 2.75) is 30.3 Å². The molecule has 1 aliphatic heterocycles. The van der Waals surface area contributed by atoms with Gasteiger partial charge in [0.15, 0.2) is 0 Å². The minimum absolute atomic E-state index is 0.751. The van der Waals surface area contributed by atoms with Gasteiger partial charge in [-0.05, 0) is 24.3 Å². The van der Waals surface area contributed by atoms with Crippen molar-refractivity contribution < 1.29 is 0 Å². The SMILES string of the molecule is Br[C@H]1[C@@H]2CC[C@H]1N(Cc1ccccc1)C2. The molecule has 0 spiro atoms. The van der Waals surface area contributed by atoms with Crippen LogP contribution in [0.2, 0.25) is 0 Å². The first-order valence-corrected chi connectivity index (χ1v) is 6.68. The lowest BCUT2D eigenvalue weighted by atomic mass is 10.1. The minimum Gasteiger partial charge on any atom is -0.295 e. The monoisotopic (exact) mass is 265 g/mol. The van der Waals surface area contributed by atoms with Gasteiger partial charge in [0.05, 0.1) is 0 Å². The van der Waals surface area contributed by atoms with Gasteiger partial charge in [-0.2, -0.15) is 0 Å². The second-order valence-corrected chi connectivity index (χ2v) is 5.82. The molecule has 0 aromatic heterocycles. The maximum Gasteiger partial charge on any atom is 0.0342 e. The number of benzene rings is 1. The van der Waals surface area contributed by atoms with Crippen LogP contribution in [0.15, 0.2) is 30.3 Å². The zero-order valence-electron chi connectivity index (χ0n) is 8.77. The predicted molar refractivity (Wildman–Crippen MR) is 66.1 cm³/mol. The number of hydrogen-bond acceptors (Lipinski definition) is 1. The van der Waals surface area contributed by atoms with Crippen LogP contribution >= 0.6 is 15.9 Å². The molecular weight excluding hydrogens is 250 g/mol. The highest BCUT2D eigenvalue weighted by Crippen LogP contribution is 2.42. The zero-order valence-corrected chi connectivity index (χ0v) is 10.4. The van der Waals surface area contributed by atoms with Crippen LogP contribution in [0, 0.1) is 5.92 Å². The molecule has 2 heteroatoms. The number of hydrogen-bond donors (Lipinski definition) is 0. The smallest absolute Gasteiger partial charge is 0.0342 e. The van der Waals surface area contributed by atoms with Gasteiger partial charge in [-0.25, -0.2) is 0 Å². The second-order valence-electron chi connectivity index (χ2n) is 4.76. The maximum atomic E-state index is 3.84. The van der Waals surface area contributed by atoms with Crippen LogP contribution in [-0.2, 0) is 6.54 Å². The van der Waals surface area contributed by atoms with E-state index in [0.717, 1.165) is 23.3 Å². The number of piperidine rings is 1. The van der Waals surface area contributed by atoms with E-state index in [4.69, 9.17) is 0 Å². The Bertz CT molecular complexity index is 338. The van der Waals surface area contributed by atoms with E-state index in [1.165, 1.54) is 24.9 Å². The fraction of sp³-hybridized carbons (Fsp3) is 0.538. The number of halogens is 1. The molecular formula is C13H16BrN. The molecule has 1 saturated heterocycles. The summed E-state index contributed by atoms with van der Waals surface area (Å²) in [6, 6.07) is 11.6. The first-order valence-electron chi connectivity index (χ1n) is 5.76. The maximum absolute atomic E-state index is 3.84. The van der Waals surface area contributed by atoms with Crippen LogP contribution in [0.4, 0.5) is 0 Å². The van der Waals surface area contributed by atoms with Crippen molar-refractivity contribution in [3.8, 4) is 0 Å². The molecule has 0 N–H and O–H groups in total. The Morgan fingerprint density at radius 2 is 2.00 bits per heavy atom. The lowest BCUT2D eigenvalue weighted by molar-refractivity contribution is 0.206. The highest BCUT2D eigenvalue weighted by atomic mass is 79.9. The number of likely N-dealkylation sites (tertiary alicyclic amines) is 1. The number of rotatable bonds is 2. The van der Waals surface area contributed by atoms with Crippen molar-refractivity contribution in [2.75, 3.05) is 6.54 Å². The average Bonchev–Trinajstić information content (AvgIpc) is 2.75. The third kappa shape index (κ3) is 1.74. The fourth-order valence-electron chi connectivity index (χ4n) is 3.03. The molecule has 3 atom stereocenters. The van der Waals surface area contributed by atoms with Crippen molar-refractivity contribution in [3.05, 3.63) is 35.9 Å². The van der Waals surface area contributed by atoms with E-state index in [1.807, 2.05) is 0 Å². The van der Waals surface area contributed by atoms with Crippen LogP contribution in [0.1, 0.15) is 18.4 Å². The lowest BCUT2D eigenvalue weighted by Crippen LogP contribution is -2.32. The summed E-state index contributed by atoms with van der Waals surface area (Å²) >= 11 is 3.84. The first-order chi connectivity index (χ1) is 7.34. The number of alkyl halides is 1. The van der Waals surface area contributed by atoms with Gasteiger partial charge in [0, 0.05) is 24.0 Å². The van der Waals surface area contributed by atoms with Gasteiger partial charge < -0.3 is 0 Å². The molecule has 2 fully saturated rings. The van der Waals surface area contributed by atoms with Crippen LogP contribution in [0.25, 0.3) is 0 Å². The van der Waals surface area contributed by atoms with Gasteiger partial charge in [-0.15, -0.1) is 0 Å². The topological polar surface area (TPSA) is 3.24 Å². The van der Waals surface area contributed by atoms with Gasteiger partial charge in [0.1, 0.15) is 0 Å². The summed E-state index contributed by atoms with van der Waals surface area (Å²) in [5.41, 5.74) is 1.45. The minimum atomic E-state index is 0.751. The van der Waals surface area contributed by atoms with Crippen molar-refractivity contribution in [2.24, 2.45) is 5.92 Å². The largest absolute Gasteiger partial charge is 0.295 e. The molecule has 2 aliphatic rings. The van der Waals surface area contributed by atoms with Crippen LogP contribution in [-0.4, -0.2) is 22.3 Å². The second kappa shape index (κ2) is 3.91. The summed E-state index contributed by atoms with van der Waals surface area (Å²) in [7, 11) is 0. The molecule has 1 nitrogen and oxygen atoms in total. The first kappa shape index (κ1) is 9.86. The van der Waals surface area contributed by atoms with Gasteiger partial charge in [0.25, 0.3) is 0 Å². The number of fused-ring (bicyclic) bond motifs is 2. The number of nitrogens with zero attached hydrogens (tertiary/aromatic N) is 1. The summed E-state index contributed by atoms with van der Waals surface area (Å²) < 4.78 is 0. The molecule has 3 rings (SSSR count). The molecule has 1 saturated carbocycles.